The van der Waals surface area contributed by atoms with Crippen molar-refractivity contribution in [2.24, 2.45) is 11.3 Å². The molecule has 0 amide bonds. The van der Waals surface area contributed by atoms with E-state index < -0.39 is 6.67 Å². The Kier molecular flexibility index (Phi) is 3.12. The summed E-state index contributed by atoms with van der Waals surface area (Å²) in [6.45, 7) is 5.29. The normalized spacial score (nSPS) is 15.7. The van der Waals surface area contributed by atoms with Crippen LogP contribution in [0.5, 0.6) is 0 Å². The van der Waals surface area contributed by atoms with Gasteiger partial charge in [0.15, 0.2) is 0 Å². The number of rotatable bonds is 2. The summed E-state index contributed by atoms with van der Waals surface area (Å²) in [5, 5.41) is 8.62. The average molecular weight is 134 g/mol. The zero-order valence-electron chi connectivity index (χ0n) is 6.32. The standard InChI is InChI=1S/C7H15FO/c1-7(2,3)6(4-8)5-9/h6,9H,4-5H2,1-3H3/t6-/m0/s1. The predicted octanol–water partition coefficient (Wildman–Crippen LogP) is 1.61. The molecule has 0 rings (SSSR count). The van der Waals surface area contributed by atoms with Crippen molar-refractivity contribution < 1.29 is 9.50 Å². The van der Waals surface area contributed by atoms with Crippen molar-refractivity contribution in [2.45, 2.75) is 20.8 Å². The monoisotopic (exact) mass is 134 g/mol. The summed E-state index contributed by atoms with van der Waals surface area (Å²) in [6, 6.07) is 0. The Balaban J connectivity index is 3.79. The molecule has 0 aliphatic carbocycles. The molecular formula is C7H15FO. The summed E-state index contributed by atoms with van der Waals surface area (Å²) in [4.78, 5) is 0. The minimum Gasteiger partial charge on any atom is -0.396 e. The van der Waals surface area contributed by atoms with Crippen molar-refractivity contribution >= 4 is 0 Å². The quantitative estimate of drug-likeness (QED) is 0.608. The molecule has 0 saturated carbocycles. The zero-order chi connectivity index (χ0) is 7.49. The van der Waals surface area contributed by atoms with Crippen molar-refractivity contribution in [3.8, 4) is 0 Å². The third-order valence-corrected chi connectivity index (χ3v) is 1.63. The van der Waals surface area contributed by atoms with Gasteiger partial charge in [0.05, 0.1) is 6.67 Å². The molecule has 0 unspecified atom stereocenters. The van der Waals surface area contributed by atoms with Gasteiger partial charge in [-0.3, -0.25) is 4.39 Å². The summed E-state index contributed by atoms with van der Waals surface area (Å²) < 4.78 is 12.0. The molecule has 0 bridgehead atoms. The fourth-order valence-electron chi connectivity index (χ4n) is 0.554. The molecule has 9 heavy (non-hydrogen) atoms. The smallest absolute Gasteiger partial charge is 0.0949 e. The lowest BCUT2D eigenvalue weighted by Crippen LogP contribution is -2.25. The topological polar surface area (TPSA) is 20.2 Å². The highest BCUT2D eigenvalue weighted by molar-refractivity contribution is 4.71. The first-order valence-electron chi connectivity index (χ1n) is 3.19. The molecule has 0 radical (unpaired) electrons. The van der Waals surface area contributed by atoms with Gasteiger partial charge in [0, 0.05) is 12.5 Å². The molecule has 1 N–H and O–H groups in total. The molecule has 1 atom stereocenters. The number of aliphatic hydroxyl groups excluding tert-OH is 1. The molecule has 56 valence electrons. The van der Waals surface area contributed by atoms with Crippen molar-refractivity contribution in [1.82, 2.24) is 0 Å². The van der Waals surface area contributed by atoms with Gasteiger partial charge in [-0.1, -0.05) is 20.8 Å². The van der Waals surface area contributed by atoms with Crippen LogP contribution in [0.25, 0.3) is 0 Å². The average Bonchev–Trinajstić information content (AvgIpc) is 1.65. The van der Waals surface area contributed by atoms with E-state index in [4.69, 9.17) is 5.11 Å². The Morgan fingerprint density at radius 3 is 1.89 bits per heavy atom. The predicted molar refractivity (Wildman–Crippen MR) is 36.0 cm³/mol. The summed E-state index contributed by atoms with van der Waals surface area (Å²) in [5.41, 5.74) is -0.108. The van der Waals surface area contributed by atoms with Crippen LogP contribution in [0.15, 0.2) is 0 Å². The lowest BCUT2D eigenvalue weighted by molar-refractivity contribution is 0.106. The van der Waals surface area contributed by atoms with Crippen LogP contribution in [0.3, 0.4) is 0 Å². The summed E-state index contributed by atoms with van der Waals surface area (Å²) in [5.74, 6) is -0.211. The number of aliphatic hydroxyl groups is 1. The number of hydrogen-bond donors (Lipinski definition) is 1. The third-order valence-electron chi connectivity index (χ3n) is 1.63. The Morgan fingerprint density at radius 2 is 1.89 bits per heavy atom. The van der Waals surface area contributed by atoms with Gasteiger partial charge in [0.2, 0.25) is 0 Å². The van der Waals surface area contributed by atoms with Gasteiger partial charge in [-0.05, 0) is 5.41 Å². The van der Waals surface area contributed by atoms with Crippen molar-refractivity contribution in [1.29, 1.82) is 0 Å². The highest BCUT2D eigenvalue weighted by atomic mass is 19.1. The van der Waals surface area contributed by atoms with E-state index in [-0.39, 0.29) is 17.9 Å². The summed E-state index contributed by atoms with van der Waals surface area (Å²) >= 11 is 0. The maximum atomic E-state index is 12.0. The number of halogens is 1. The van der Waals surface area contributed by atoms with Crippen molar-refractivity contribution in [3.05, 3.63) is 0 Å². The molecule has 0 fully saturated rings. The van der Waals surface area contributed by atoms with E-state index >= 15 is 0 Å². The van der Waals surface area contributed by atoms with Gasteiger partial charge in [-0.25, -0.2) is 0 Å². The first-order chi connectivity index (χ1) is 4.02. The third kappa shape index (κ3) is 2.80. The van der Waals surface area contributed by atoms with Gasteiger partial charge in [-0.2, -0.15) is 0 Å². The van der Waals surface area contributed by atoms with Gasteiger partial charge in [0.1, 0.15) is 0 Å². The van der Waals surface area contributed by atoms with Crippen LogP contribution >= 0.6 is 0 Å². The highest BCUT2D eigenvalue weighted by Gasteiger charge is 2.23. The van der Waals surface area contributed by atoms with Crippen LogP contribution in [0.4, 0.5) is 4.39 Å². The van der Waals surface area contributed by atoms with E-state index in [2.05, 4.69) is 0 Å². The molecule has 0 saturated heterocycles. The Hall–Kier alpha value is -0.110. The Morgan fingerprint density at radius 1 is 1.44 bits per heavy atom. The Bertz CT molecular complexity index is 71.5. The van der Waals surface area contributed by atoms with Crippen LogP contribution in [-0.2, 0) is 0 Å². The molecule has 0 spiro atoms. The lowest BCUT2D eigenvalue weighted by atomic mass is 9.82. The van der Waals surface area contributed by atoms with Gasteiger partial charge in [-0.15, -0.1) is 0 Å². The van der Waals surface area contributed by atoms with E-state index in [1.165, 1.54) is 0 Å². The maximum Gasteiger partial charge on any atom is 0.0949 e. The van der Waals surface area contributed by atoms with E-state index in [1.54, 1.807) is 0 Å². The van der Waals surface area contributed by atoms with Crippen LogP contribution < -0.4 is 0 Å². The van der Waals surface area contributed by atoms with E-state index in [1.807, 2.05) is 20.8 Å². The fourth-order valence-corrected chi connectivity index (χ4v) is 0.554. The second kappa shape index (κ2) is 3.16. The van der Waals surface area contributed by atoms with Crippen LogP contribution in [0.2, 0.25) is 0 Å². The minimum absolute atomic E-state index is 0.0556. The molecule has 2 heteroatoms. The number of hydrogen-bond acceptors (Lipinski definition) is 1. The molecule has 0 aromatic carbocycles. The zero-order valence-corrected chi connectivity index (χ0v) is 6.32. The fraction of sp³-hybridized carbons (Fsp3) is 1.00. The van der Waals surface area contributed by atoms with Gasteiger partial charge < -0.3 is 5.11 Å². The van der Waals surface area contributed by atoms with Crippen molar-refractivity contribution in [3.63, 3.8) is 0 Å². The molecule has 0 heterocycles. The molecular weight excluding hydrogens is 119 g/mol. The van der Waals surface area contributed by atoms with E-state index in [0.717, 1.165) is 0 Å². The van der Waals surface area contributed by atoms with E-state index in [0.29, 0.717) is 0 Å². The first-order valence-corrected chi connectivity index (χ1v) is 3.19. The number of alkyl halides is 1. The second-order valence-corrected chi connectivity index (χ2v) is 3.40. The lowest BCUT2D eigenvalue weighted by Gasteiger charge is -2.25. The molecule has 1 nitrogen and oxygen atoms in total. The summed E-state index contributed by atoms with van der Waals surface area (Å²) in [7, 11) is 0. The molecule has 0 aromatic heterocycles. The largest absolute Gasteiger partial charge is 0.396 e. The van der Waals surface area contributed by atoms with Gasteiger partial charge >= 0.3 is 0 Å². The van der Waals surface area contributed by atoms with Crippen LogP contribution in [0, 0.1) is 11.3 Å². The van der Waals surface area contributed by atoms with Gasteiger partial charge in [0.25, 0.3) is 0 Å². The highest BCUT2D eigenvalue weighted by Crippen LogP contribution is 2.25. The molecule has 0 aliphatic heterocycles. The van der Waals surface area contributed by atoms with E-state index in [9.17, 15) is 4.39 Å². The van der Waals surface area contributed by atoms with Crippen LogP contribution in [0.1, 0.15) is 20.8 Å². The second-order valence-electron chi connectivity index (χ2n) is 3.40. The summed E-state index contributed by atoms with van der Waals surface area (Å²) in [6.07, 6.45) is 0. The first kappa shape index (κ1) is 8.89. The van der Waals surface area contributed by atoms with Crippen LogP contribution in [-0.4, -0.2) is 18.4 Å². The van der Waals surface area contributed by atoms with Crippen molar-refractivity contribution in [2.75, 3.05) is 13.3 Å². The maximum absolute atomic E-state index is 12.0. The minimum atomic E-state index is -0.431. The molecule has 0 aromatic rings. The molecule has 0 aliphatic rings. The SMILES string of the molecule is CC(C)(C)[C@H](CO)CF. The Labute approximate surface area is 55.9 Å².